The number of rotatable bonds is 3. The molecule has 1 amide bonds. The lowest BCUT2D eigenvalue weighted by atomic mass is 9.90. The van der Waals surface area contributed by atoms with Crippen molar-refractivity contribution in [1.82, 2.24) is 0 Å². The van der Waals surface area contributed by atoms with E-state index in [-0.39, 0.29) is 11.9 Å². The normalized spacial score (nSPS) is 18.4. The molecular weight excluding hydrogens is 238 g/mol. The summed E-state index contributed by atoms with van der Waals surface area (Å²) in [5.74, 6) is 0.224. The maximum atomic E-state index is 11.5. The average Bonchev–Trinajstić information content (AvgIpc) is 2.38. The number of hydrogen-bond donors (Lipinski definition) is 2. The van der Waals surface area contributed by atoms with Gasteiger partial charge in [0.2, 0.25) is 0 Å². The van der Waals surface area contributed by atoms with Crippen molar-refractivity contribution in [3.63, 3.8) is 0 Å². The van der Waals surface area contributed by atoms with E-state index in [1.165, 1.54) is 0 Å². The van der Waals surface area contributed by atoms with Gasteiger partial charge in [0.05, 0.1) is 5.56 Å². The van der Waals surface area contributed by atoms with Crippen LogP contribution < -0.4 is 16.4 Å². The number of amides is 1. The van der Waals surface area contributed by atoms with Gasteiger partial charge in [0, 0.05) is 24.8 Å². The van der Waals surface area contributed by atoms with Gasteiger partial charge in [0.25, 0.3) is 5.91 Å². The third-order valence-corrected chi connectivity index (χ3v) is 4.04. The van der Waals surface area contributed by atoms with Crippen molar-refractivity contribution in [3.05, 3.63) is 29.3 Å². The lowest BCUT2D eigenvalue weighted by molar-refractivity contribution is 0.100. The van der Waals surface area contributed by atoms with E-state index < -0.39 is 0 Å². The predicted octanol–water partition coefficient (Wildman–Crippen LogP) is 1.66. The van der Waals surface area contributed by atoms with E-state index in [0.29, 0.717) is 11.5 Å². The molecule has 1 saturated heterocycles. The van der Waals surface area contributed by atoms with Crippen LogP contribution in [0.25, 0.3) is 0 Å². The second-order valence-corrected chi connectivity index (χ2v) is 5.57. The number of nitrogens with zero attached hydrogens (tertiary/aromatic N) is 1. The zero-order chi connectivity index (χ0) is 14.0. The van der Waals surface area contributed by atoms with Crippen LogP contribution in [0.3, 0.4) is 0 Å². The van der Waals surface area contributed by atoms with Gasteiger partial charge < -0.3 is 16.4 Å². The minimum Gasteiger partial charge on any atom is -0.371 e. The van der Waals surface area contributed by atoms with Crippen molar-refractivity contribution in [1.29, 1.82) is 0 Å². The number of hydrogen-bond acceptors (Lipinski definition) is 3. The molecular formula is C15H23N3O. The minimum atomic E-state index is -0.357. The molecule has 4 N–H and O–H groups in total. The molecule has 1 unspecified atom stereocenters. The molecule has 1 heterocycles. The number of nitrogens with two attached hydrogens (primary N) is 2. The van der Waals surface area contributed by atoms with Crippen LogP contribution in [-0.4, -0.2) is 25.0 Å². The molecule has 0 aromatic heterocycles. The van der Waals surface area contributed by atoms with Gasteiger partial charge in [-0.25, -0.2) is 0 Å². The molecule has 1 aromatic carbocycles. The molecule has 104 valence electrons. The highest BCUT2D eigenvalue weighted by Crippen LogP contribution is 2.28. The van der Waals surface area contributed by atoms with Gasteiger partial charge in [0.1, 0.15) is 0 Å². The molecule has 2 rings (SSSR count). The van der Waals surface area contributed by atoms with Gasteiger partial charge in [-0.15, -0.1) is 0 Å². The Labute approximate surface area is 114 Å². The molecule has 0 saturated carbocycles. The van der Waals surface area contributed by atoms with Gasteiger partial charge >= 0.3 is 0 Å². The molecule has 1 aliphatic heterocycles. The molecule has 0 spiro atoms. The largest absolute Gasteiger partial charge is 0.371 e. The summed E-state index contributed by atoms with van der Waals surface area (Å²) in [5.41, 5.74) is 14.2. The molecule has 1 fully saturated rings. The molecule has 0 aliphatic carbocycles. The number of anilines is 1. The lowest BCUT2D eigenvalue weighted by Gasteiger charge is -2.36. The summed E-state index contributed by atoms with van der Waals surface area (Å²) < 4.78 is 0. The van der Waals surface area contributed by atoms with Crippen molar-refractivity contribution in [2.24, 2.45) is 17.4 Å². The van der Waals surface area contributed by atoms with Crippen LogP contribution >= 0.6 is 0 Å². The molecule has 4 nitrogen and oxygen atoms in total. The zero-order valence-electron chi connectivity index (χ0n) is 11.7. The number of piperidine rings is 1. The van der Waals surface area contributed by atoms with Crippen LogP contribution in [0.4, 0.5) is 5.69 Å². The third-order valence-electron chi connectivity index (χ3n) is 4.04. The average molecular weight is 261 g/mol. The Kier molecular flexibility index (Phi) is 4.10. The van der Waals surface area contributed by atoms with Crippen LogP contribution in [0.15, 0.2) is 18.2 Å². The van der Waals surface area contributed by atoms with E-state index in [1.807, 2.05) is 25.1 Å². The van der Waals surface area contributed by atoms with Crippen molar-refractivity contribution < 1.29 is 4.79 Å². The third kappa shape index (κ3) is 3.07. The Morgan fingerprint density at radius 2 is 2.00 bits per heavy atom. The van der Waals surface area contributed by atoms with Crippen LogP contribution in [-0.2, 0) is 0 Å². The zero-order valence-corrected chi connectivity index (χ0v) is 11.7. The monoisotopic (exact) mass is 261 g/mol. The number of primary amides is 1. The quantitative estimate of drug-likeness (QED) is 0.869. The smallest absolute Gasteiger partial charge is 0.250 e. The van der Waals surface area contributed by atoms with Crippen molar-refractivity contribution in [2.45, 2.75) is 32.7 Å². The molecule has 1 atom stereocenters. The topological polar surface area (TPSA) is 72.4 Å². The highest BCUT2D eigenvalue weighted by Gasteiger charge is 2.24. The second-order valence-electron chi connectivity index (χ2n) is 5.57. The first kappa shape index (κ1) is 13.9. The first-order chi connectivity index (χ1) is 8.99. The lowest BCUT2D eigenvalue weighted by Crippen LogP contribution is -2.40. The number of carbonyl (C=O) groups excluding carboxylic acids is 1. The number of benzene rings is 1. The maximum Gasteiger partial charge on any atom is 0.250 e. The standard InChI is InChI=1S/C15H23N3O/c1-10-3-4-13(15(17)19)14(9-10)18-7-5-12(6-8-18)11(2)16/h3-4,9,11-12H,5-8,16H2,1-2H3,(H2,17,19). The fourth-order valence-corrected chi connectivity index (χ4v) is 2.78. The maximum absolute atomic E-state index is 11.5. The summed E-state index contributed by atoms with van der Waals surface area (Å²) in [7, 11) is 0. The highest BCUT2D eigenvalue weighted by molar-refractivity contribution is 5.98. The van der Waals surface area contributed by atoms with Gasteiger partial charge in [-0.3, -0.25) is 4.79 Å². The van der Waals surface area contributed by atoms with Crippen LogP contribution in [0.2, 0.25) is 0 Å². The van der Waals surface area contributed by atoms with Gasteiger partial charge in [-0.2, -0.15) is 0 Å². The highest BCUT2D eigenvalue weighted by atomic mass is 16.1. The SMILES string of the molecule is Cc1ccc(C(N)=O)c(N2CCC(C(C)N)CC2)c1. The Morgan fingerprint density at radius 1 is 1.37 bits per heavy atom. The Bertz CT molecular complexity index is 462. The van der Waals surface area contributed by atoms with Gasteiger partial charge in [-0.1, -0.05) is 6.07 Å². The molecule has 4 heteroatoms. The Hall–Kier alpha value is -1.55. The summed E-state index contributed by atoms with van der Waals surface area (Å²) >= 11 is 0. The fourth-order valence-electron chi connectivity index (χ4n) is 2.78. The van der Waals surface area contributed by atoms with E-state index in [0.717, 1.165) is 37.2 Å². The molecule has 0 bridgehead atoms. The first-order valence-electron chi connectivity index (χ1n) is 6.90. The summed E-state index contributed by atoms with van der Waals surface area (Å²) in [6.07, 6.45) is 2.15. The van der Waals surface area contributed by atoms with E-state index in [1.54, 1.807) is 0 Å². The number of aryl methyl sites for hydroxylation is 1. The summed E-state index contributed by atoms with van der Waals surface area (Å²) in [6.45, 7) is 5.98. The van der Waals surface area contributed by atoms with Crippen LogP contribution in [0, 0.1) is 12.8 Å². The summed E-state index contributed by atoms with van der Waals surface area (Å²) in [5, 5.41) is 0. The molecule has 19 heavy (non-hydrogen) atoms. The van der Waals surface area contributed by atoms with Crippen LogP contribution in [0.1, 0.15) is 35.7 Å². The molecule has 1 aromatic rings. The van der Waals surface area contributed by atoms with E-state index in [9.17, 15) is 4.79 Å². The van der Waals surface area contributed by atoms with Crippen LogP contribution in [0.5, 0.6) is 0 Å². The summed E-state index contributed by atoms with van der Waals surface area (Å²) in [6, 6.07) is 6.05. The number of carbonyl (C=O) groups is 1. The van der Waals surface area contributed by atoms with Crippen molar-refractivity contribution >= 4 is 11.6 Å². The fraction of sp³-hybridized carbons (Fsp3) is 0.533. The van der Waals surface area contributed by atoms with E-state index >= 15 is 0 Å². The van der Waals surface area contributed by atoms with Gasteiger partial charge in [0.15, 0.2) is 0 Å². The Balaban J connectivity index is 2.19. The Morgan fingerprint density at radius 3 is 2.53 bits per heavy atom. The second kappa shape index (κ2) is 5.61. The molecule has 0 radical (unpaired) electrons. The van der Waals surface area contributed by atoms with E-state index in [2.05, 4.69) is 11.8 Å². The minimum absolute atomic E-state index is 0.246. The first-order valence-corrected chi connectivity index (χ1v) is 6.90. The summed E-state index contributed by atoms with van der Waals surface area (Å²) in [4.78, 5) is 13.8. The van der Waals surface area contributed by atoms with Crippen molar-refractivity contribution in [3.8, 4) is 0 Å². The van der Waals surface area contributed by atoms with Gasteiger partial charge in [-0.05, 0) is 50.3 Å². The predicted molar refractivity (Wildman–Crippen MR) is 78.3 cm³/mol. The van der Waals surface area contributed by atoms with E-state index in [4.69, 9.17) is 11.5 Å². The van der Waals surface area contributed by atoms with Crippen molar-refractivity contribution in [2.75, 3.05) is 18.0 Å². The molecule has 1 aliphatic rings.